The molecule has 1 N–H and O–H groups in total. The molecule has 3 nitrogen and oxygen atoms in total. The van der Waals surface area contributed by atoms with Gasteiger partial charge in [0.1, 0.15) is 17.2 Å². The number of ether oxygens (including phenoxy) is 1. The van der Waals surface area contributed by atoms with E-state index in [1.165, 1.54) is 44.5 Å². The number of hydrogen-bond donors (Lipinski definition) is 2. The van der Waals surface area contributed by atoms with Crippen LogP contribution >= 0.6 is 37.4 Å². The van der Waals surface area contributed by atoms with Crippen LogP contribution in [0.2, 0.25) is 0 Å². The fourth-order valence-corrected chi connectivity index (χ4v) is 4.61. The van der Waals surface area contributed by atoms with Gasteiger partial charge in [0.05, 0.1) is 5.69 Å². The maximum absolute atomic E-state index is 6.16. The number of likely N-dealkylation sites (tertiary alicyclic amines) is 1. The third-order valence-corrected chi connectivity index (χ3v) is 6.32. The average molecular weight is 455 g/mol. The molecule has 0 saturated carbocycles. The zero-order valence-electron chi connectivity index (χ0n) is 16.7. The summed E-state index contributed by atoms with van der Waals surface area (Å²) in [6.07, 6.45) is 6.21. The molecule has 2 aromatic rings. The van der Waals surface area contributed by atoms with Gasteiger partial charge in [0.25, 0.3) is 0 Å². The third kappa shape index (κ3) is 6.71. The van der Waals surface area contributed by atoms with Gasteiger partial charge in [-0.05, 0) is 75.4 Å². The monoisotopic (exact) mass is 454 g/mol. The van der Waals surface area contributed by atoms with Crippen LogP contribution in [0.5, 0.6) is 5.75 Å². The van der Waals surface area contributed by atoms with Gasteiger partial charge >= 0.3 is 0 Å². The van der Waals surface area contributed by atoms with Crippen molar-refractivity contribution in [3.8, 4) is 5.75 Å². The number of benzene rings is 2. The van der Waals surface area contributed by atoms with E-state index in [2.05, 4.69) is 40.5 Å². The maximum atomic E-state index is 6.16. The number of piperidine rings is 1. The Bertz CT molecular complexity index is 726. The van der Waals surface area contributed by atoms with Gasteiger partial charge in [0.2, 0.25) is 0 Å². The molecule has 2 aliphatic rings. The average Bonchev–Trinajstić information content (AvgIpc) is 2.70. The maximum Gasteiger partial charge on any atom is 0.143 e. The van der Waals surface area contributed by atoms with Crippen LogP contribution in [0.4, 0.5) is 5.69 Å². The molecule has 4 rings (SSSR count). The Morgan fingerprint density at radius 3 is 2.41 bits per heavy atom. The van der Waals surface area contributed by atoms with Gasteiger partial charge in [-0.25, -0.2) is 0 Å². The van der Waals surface area contributed by atoms with Crippen molar-refractivity contribution in [3.05, 3.63) is 60.2 Å². The van der Waals surface area contributed by atoms with Gasteiger partial charge in [-0.3, -0.25) is 0 Å². The molecule has 0 amide bonds. The minimum Gasteiger partial charge on any atom is -0.485 e. The predicted molar refractivity (Wildman–Crippen MR) is 130 cm³/mol. The Labute approximate surface area is 192 Å². The van der Waals surface area contributed by atoms with E-state index < -0.39 is 0 Å². The van der Waals surface area contributed by atoms with Gasteiger partial charge in [0.15, 0.2) is 0 Å². The van der Waals surface area contributed by atoms with Crippen LogP contribution < -0.4 is 10.1 Å². The van der Waals surface area contributed by atoms with Crippen molar-refractivity contribution in [1.29, 1.82) is 0 Å². The molecule has 0 aromatic heterocycles. The number of anilines is 1. The lowest BCUT2D eigenvalue weighted by atomic mass is 9.90. The van der Waals surface area contributed by atoms with Crippen molar-refractivity contribution in [3.63, 3.8) is 0 Å². The molecule has 2 aromatic carbocycles. The molecule has 0 bridgehead atoms. The highest BCUT2D eigenvalue weighted by Gasteiger charge is 2.27. The van der Waals surface area contributed by atoms with Crippen molar-refractivity contribution in [1.82, 2.24) is 4.90 Å². The molecule has 1 saturated heterocycles. The number of nitrogens with zero attached hydrogens (tertiary/aromatic N) is 1. The van der Waals surface area contributed by atoms with Crippen LogP contribution in [0.25, 0.3) is 0 Å². The van der Waals surface area contributed by atoms with Gasteiger partial charge in [-0.1, -0.05) is 42.5 Å². The topological polar surface area (TPSA) is 24.5 Å². The Hall–Kier alpha value is -1.07. The standard InChI is InChI=1S/C23H30N2OS.2ClH/c27-23-22(26-21-10-5-4-9-20(21)24-23)11-6-14-25-15-12-19(13-16-25)17-18-7-2-1-3-8-18;;/h1-5,7-10,19,22-24,27H,6,11-17H2;2*1H. The highest BCUT2D eigenvalue weighted by Crippen LogP contribution is 2.33. The van der Waals surface area contributed by atoms with E-state index in [4.69, 9.17) is 17.4 Å². The van der Waals surface area contributed by atoms with Gasteiger partial charge < -0.3 is 15.0 Å². The van der Waals surface area contributed by atoms with Gasteiger partial charge in [-0.15, -0.1) is 24.8 Å². The molecule has 0 spiro atoms. The third-order valence-electron chi connectivity index (χ3n) is 5.86. The second kappa shape index (κ2) is 11.9. The summed E-state index contributed by atoms with van der Waals surface area (Å²) in [5, 5.41) is 3.52. The molecule has 29 heavy (non-hydrogen) atoms. The first-order valence-corrected chi connectivity index (χ1v) is 10.8. The lowest BCUT2D eigenvalue weighted by molar-refractivity contribution is 0.153. The highest BCUT2D eigenvalue weighted by molar-refractivity contribution is 7.81. The Kier molecular flexibility index (Phi) is 9.97. The summed E-state index contributed by atoms with van der Waals surface area (Å²) in [6, 6.07) is 19.1. The second-order valence-electron chi connectivity index (χ2n) is 7.86. The quantitative estimate of drug-likeness (QED) is 0.547. The first-order chi connectivity index (χ1) is 13.3. The van der Waals surface area contributed by atoms with E-state index in [0.29, 0.717) is 0 Å². The van der Waals surface area contributed by atoms with Crippen molar-refractivity contribution in [2.24, 2.45) is 5.92 Å². The zero-order valence-corrected chi connectivity index (χ0v) is 19.2. The number of halogens is 2. The molecule has 0 radical (unpaired) electrons. The van der Waals surface area contributed by atoms with Crippen LogP contribution in [0.1, 0.15) is 31.2 Å². The Balaban J connectivity index is 0.00000150. The van der Waals surface area contributed by atoms with Crippen LogP contribution in [-0.4, -0.2) is 36.0 Å². The largest absolute Gasteiger partial charge is 0.485 e. The molecule has 1 fully saturated rings. The van der Waals surface area contributed by atoms with Crippen LogP contribution in [0.15, 0.2) is 54.6 Å². The summed E-state index contributed by atoms with van der Waals surface area (Å²) >= 11 is 4.69. The van der Waals surface area contributed by atoms with Crippen molar-refractivity contribution in [2.75, 3.05) is 25.0 Å². The van der Waals surface area contributed by atoms with Crippen molar-refractivity contribution < 1.29 is 4.74 Å². The fraction of sp³-hybridized carbons (Fsp3) is 0.478. The fourth-order valence-electron chi connectivity index (χ4n) is 4.26. The molecule has 2 atom stereocenters. The van der Waals surface area contributed by atoms with E-state index in [-0.39, 0.29) is 36.3 Å². The Morgan fingerprint density at radius 1 is 0.966 bits per heavy atom. The minimum absolute atomic E-state index is 0. The summed E-state index contributed by atoms with van der Waals surface area (Å²) < 4.78 is 6.16. The SMILES string of the molecule is Cl.Cl.SC1Nc2ccccc2OC1CCCN1CCC(Cc2ccccc2)CC1. The second-order valence-corrected chi connectivity index (χ2v) is 8.41. The van der Waals surface area contributed by atoms with E-state index in [9.17, 15) is 0 Å². The smallest absolute Gasteiger partial charge is 0.143 e. The first-order valence-electron chi connectivity index (χ1n) is 10.2. The molecule has 160 valence electrons. The molecule has 2 unspecified atom stereocenters. The number of thiol groups is 1. The summed E-state index contributed by atoms with van der Waals surface area (Å²) in [5.74, 6) is 1.79. The van der Waals surface area contributed by atoms with E-state index >= 15 is 0 Å². The number of hydrogen-bond acceptors (Lipinski definition) is 4. The lowest BCUT2D eigenvalue weighted by Gasteiger charge is -2.34. The highest BCUT2D eigenvalue weighted by atomic mass is 35.5. The number of para-hydroxylation sites is 2. The summed E-state index contributed by atoms with van der Waals surface area (Å²) in [5.41, 5.74) is 2.53. The van der Waals surface area contributed by atoms with E-state index in [0.717, 1.165) is 30.2 Å². The van der Waals surface area contributed by atoms with Crippen LogP contribution in [-0.2, 0) is 6.42 Å². The Morgan fingerprint density at radius 2 is 1.66 bits per heavy atom. The predicted octanol–water partition coefficient (Wildman–Crippen LogP) is 5.69. The van der Waals surface area contributed by atoms with Crippen molar-refractivity contribution >= 4 is 43.1 Å². The molecule has 2 aliphatic heterocycles. The lowest BCUT2D eigenvalue weighted by Crippen LogP contribution is -2.39. The van der Waals surface area contributed by atoms with Crippen LogP contribution in [0.3, 0.4) is 0 Å². The number of fused-ring (bicyclic) bond motifs is 1. The molecule has 2 heterocycles. The van der Waals surface area contributed by atoms with Crippen LogP contribution in [0, 0.1) is 5.92 Å². The summed E-state index contributed by atoms with van der Waals surface area (Å²) in [4.78, 5) is 2.62. The first kappa shape index (κ1) is 24.2. The van der Waals surface area contributed by atoms with Gasteiger partial charge in [0, 0.05) is 0 Å². The van der Waals surface area contributed by atoms with E-state index in [1.54, 1.807) is 0 Å². The molecule has 6 heteroatoms. The van der Waals surface area contributed by atoms with Crippen molar-refractivity contribution in [2.45, 2.75) is 43.6 Å². The molecular weight excluding hydrogens is 423 g/mol. The summed E-state index contributed by atoms with van der Waals surface area (Å²) in [7, 11) is 0. The normalized spacial score (nSPS) is 21.7. The zero-order chi connectivity index (χ0) is 18.5. The van der Waals surface area contributed by atoms with E-state index in [1.807, 2.05) is 24.3 Å². The number of nitrogens with one attached hydrogen (secondary N) is 1. The van der Waals surface area contributed by atoms with Gasteiger partial charge in [-0.2, -0.15) is 12.6 Å². The molecule has 0 aliphatic carbocycles. The number of rotatable bonds is 6. The summed E-state index contributed by atoms with van der Waals surface area (Å²) in [6.45, 7) is 3.63. The minimum atomic E-state index is 0. The molecular formula is C23H32Cl2N2OS.